The Labute approximate surface area is 118 Å². The van der Waals surface area contributed by atoms with Crippen LogP contribution in [0.5, 0.6) is 11.5 Å². The van der Waals surface area contributed by atoms with E-state index in [1.54, 1.807) is 7.11 Å². The van der Waals surface area contributed by atoms with Crippen molar-refractivity contribution in [2.75, 3.05) is 33.5 Å². The molecular weight excluding hydrogens is 262 g/mol. The molecule has 0 aliphatic rings. The van der Waals surface area contributed by atoms with Gasteiger partial charge in [-0.3, -0.25) is 4.79 Å². The number of carbonyl (C=O) groups excluding carboxylic acids is 1. The molecule has 0 saturated carbocycles. The third kappa shape index (κ3) is 5.90. The van der Waals surface area contributed by atoms with Crippen LogP contribution in [0.15, 0.2) is 18.2 Å². The maximum atomic E-state index is 11.8. The second kappa shape index (κ2) is 9.17. The summed E-state index contributed by atoms with van der Waals surface area (Å²) in [7, 11) is 1.62. The molecule has 0 aliphatic heterocycles. The lowest BCUT2D eigenvalue weighted by atomic mass is 10.1. The zero-order chi connectivity index (χ0) is 14.8. The number of carbonyl (C=O) groups is 1. The molecule has 1 rings (SSSR count). The van der Waals surface area contributed by atoms with Crippen molar-refractivity contribution in [3.8, 4) is 11.5 Å². The zero-order valence-corrected chi connectivity index (χ0v) is 11.6. The molecule has 0 saturated heterocycles. The number of nitrogens with one attached hydrogen (secondary N) is 1. The summed E-state index contributed by atoms with van der Waals surface area (Å²) in [4.78, 5) is 11.8. The van der Waals surface area contributed by atoms with Crippen molar-refractivity contribution < 1.29 is 24.5 Å². The minimum absolute atomic E-state index is 0.0560. The Balaban J connectivity index is 2.18. The first-order valence-electron chi connectivity index (χ1n) is 6.52. The van der Waals surface area contributed by atoms with E-state index >= 15 is 0 Å². The smallest absolute Gasteiger partial charge is 0.255 e. The number of benzene rings is 1. The number of methoxy groups -OCH3 is 1. The van der Waals surface area contributed by atoms with Crippen LogP contribution in [0.1, 0.15) is 23.2 Å². The molecule has 0 radical (unpaired) electrons. The van der Waals surface area contributed by atoms with E-state index < -0.39 is 5.91 Å². The highest BCUT2D eigenvalue weighted by atomic mass is 16.5. The van der Waals surface area contributed by atoms with Crippen molar-refractivity contribution in [2.45, 2.75) is 12.8 Å². The van der Waals surface area contributed by atoms with Gasteiger partial charge in [-0.25, -0.2) is 0 Å². The van der Waals surface area contributed by atoms with Crippen molar-refractivity contribution in [3.63, 3.8) is 0 Å². The van der Waals surface area contributed by atoms with E-state index in [-0.39, 0.29) is 17.1 Å². The summed E-state index contributed by atoms with van der Waals surface area (Å²) in [5, 5.41) is 21.5. The second-order valence-electron chi connectivity index (χ2n) is 4.27. The quantitative estimate of drug-likeness (QED) is 0.469. The van der Waals surface area contributed by atoms with Gasteiger partial charge in [-0.15, -0.1) is 0 Å². The van der Waals surface area contributed by atoms with E-state index in [1.807, 2.05) is 0 Å². The number of phenolic OH excluding ortho intramolecular Hbond substituents is 2. The van der Waals surface area contributed by atoms with Gasteiger partial charge in [0.2, 0.25) is 0 Å². The van der Waals surface area contributed by atoms with Crippen LogP contribution in [0.3, 0.4) is 0 Å². The van der Waals surface area contributed by atoms with Crippen LogP contribution in [0.25, 0.3) is 0 Å². The molecule has 0 aliphatic carbocycles. The molecule has 0 fully saturated rings. The van der Waals surface area contributed by atoms with Crippen LogP contribution in [0.4, 0.5) is 0 Å². The Kier molecular flexibility index (Phi) is 7.46. The summed E-state index contributed by atoms with van der Waals surface area (Å²) < 4.78 is 10.1. The lowest BCUT2D eigenvalue weighted by Crippen LogP contribution is -2.24. The molecule has 112 valence electrons. The van der Waals surface area contributed by atoms with Gasteiger partial charge in [-0.05, 0) is 31.0 Å². The molecule has 1 aromatic carbocycles. The number of aromatic hydroxyl groups is 2. The zero-order valence-electron chi connectivity index (χ0n) is 11.6. The van der Waals surface area contributed by atoms with E-state index in [0.717, 1.165) is 12.8 Å². The Hall–Kier alpha value is -1.79. The standard InChI is InChI=1S/C14H21NO5/c1-19-8-9-20-7-3-2-6-15-14(18)12-10-11(16)4-5-13(12)17/h4-5,10,16-17H,2-3,6-9H2,1H3,(H,15,18). The Bertz CT molecular complexity index is 422. The minimum Gasteiger partial charge on any atom is -0.508 e. The molecule has 1 aromatic rings. The van der Waals surface area contributed by atoms with Crippen LogP contribution in [0.2, 0.25) is 0 Å². The lowest BCUT2D eigenvalue weighted by molar-refractivity contribution is 0.0686. The Morgan fingerprint density at radius 1 is 1.20 bits per heavy atom. The van der Waals surface area contributed by atoms with Crippen molar-refractivity contribution in [2.24, 2.45) is 0 Å². The van der Waals surface area contributed by atoms with Gasteiger partial charge in [0, 0.05) is 20.3 Å². The summed E-state index contributed by atoms with van der Waals surface area (Å²) >= 11 is 0. The molecule has 0 atom stereocenters. The average molecular weight is 283 g/mol. The van der Waals surface area contributed by atoms with Gasteiger partial charge in [0.15, 0.2) is 0 Å². The van der Waals surface area contributed by atoms with E-state index in [1.165, 1.54) is 18.2 Å². The lowest BCUT2D eigenvalue weighted by Gasteiger charge is -2.07. The highest BCUT2D eigenvalue weighted by Gasteiger charge is 2.11. The van der Waals surface area contributed by atoms with Crippen molar-refractivity contribution in [1.82, 2.24) is 5.32 Å². The largest absolute Gasteiger partial charge is 0.508 e. The highest BCUT2D eigenvalue weighted by Crippen LogP contribution is 2.21. The van der Waals surface area contributed by atoms with E-state index in [2.05, 4.69) is 5.32 Å². The second-order valence-corrected chi connectivity index (χ2v) is 4.27. The predicted octanol–water partition coefficient (Wildman–Crippen LogP) is 1.27. The maximum Gasteiger partial charge on any atom is 0.255 e. The van der Waals surface area contributed by atoms with Gasteiger partial charge in [0.1, 0.15) is 11.5 Å². The summed E-state index contributed by atoms with van der Waals surface area (Å²) in [5.41, 5.74) is 0.0707. The molecule has 0 heterocycles. The van der Waals surface area contributed by atoms with Gasteiger partial charge in [0.05, 0.1) is 18.8 Å². The topological polar surface area (TPSA) is 88.0 Å². The first-order valence-corrected chi connectivity index (χ1v) is 6.52. The highest BCUT2D eigenvalue weighted by molar-refractivity contribution is 5.97. The number of hydrogen-bond acceptors (Lipinski definition) is 5. The number of rotatable bonds is 9. The number of ether oxygens (including phenoxy) is 2. The number of phenols is 2. The number of hydrogen-bond donors (Lipinski definition) is 3. The minimum atomic E-state index is -0.404. The molecule has 0 aromatic heterocycles. The van der Waals surface area contributed by atoms with Gasteiger partial charge in [0.25, 0.3) is 5.91 Å². The molecular formula is C14H21NO5. The fraction of sp³-hybridized carbons (Fsp3) is 0.500. The molecule has 1 amide bonds. The fourth-order valence-electron chi connectivity index (χ4n) is 1.58. The number of unbranched alkanes of at least 4 members (excludes halogenated alkanes) is 1. The maximum absolute atomic E-state index is 11.8. The summed E-state index contributed by atoms with van der Waals surface area (Å²) in [5.74, 6) is -0.610. The summed E-state index contributed by atoms with van der Waals surface area (Å²) in [6.45, 7) is 2.26. The van der Waals surface area contributed by atoms with E-state index in [0.29, 0.717) is 26.4 Å². The summed E-state index contributed by atoms with van der Waals surface area (Å²) in [6, 6.07) is 3.84. The SMILES string of the molecule is COCCOCCCCNC(=O)c1cc(O)ccc1O. The fourth-order valence-corrected chi connectivity index (χ4v) is 1.58. The normalized spacial score (nSPS) is 10.4. The van der Waals surface area contributed by atoms with Gasteiger partial charge in [-0.1, -0.05) is 0 Å². The first kappa shape index (κ1) is 16.3. The molecule has 3 N–H and O–H groups in total. The number of amides is 1. The Morgan fingerprint density at radius 3 is 2.75 bits per heavy atom. The third-order valence-electron chi connectivity index (χ3n) is 2.66. The van der Waals surface area contributed by atoms with Crippen molar-refractivity contribution >= 4 is 5.91 Å². The molecule has 6 heteroatoms. The third-order valence-corrected chi connectivity index (χ3v) is 2.66. The molecule has 20 heavy (non-hydrogen) atoms. The average Bonchev–Trinajstić information content (AvgIpc) is 2.44. The molecule has 0 spiro atoms. The van der Waals surface area contributed by atoms with E-state index in [4.69, 9.17) is 9.47 Å². The van der Waals surface area contributed by atoms with E-state index in [9.17, 15) is 15.0 Å². The molecule has 0 bridgehead atoms. The molecule has 0 unspecified atom stereocenters. The van der Waals surface area contributed by atoms with Gasteiger partial charge >= 0.3 is 0 Å². The van der Waals surface area contributed by atoms with Gasteiger partial charge in [-0.2, -0.15) is 0 Å². The van der Waals surface area contributed by atoms with Crippen LogP contribution in [-0.2, 0) is 9.47 Å². The van der Waals surface area contributed by atoms with Gasteiger partial charge < -0.3 is 25.0 Å². The van der Waals surface area contributed by atoms with Crippen LogP contribution < -0.4 is 5.32 Å². The van der Waals surface area contributed by atoms with Crippen LogP contribution in [0, 0.1) is 0 Å². The molecule has 6 nitrogen and oxygen atoms in total. The van der Waals surface area contributed by atoms with Crippen LogP contribution in [-0.4, -0.2) is 49.6 Å². The monoisotopic (exact) mass is 283 g/mol. The van der Waals surface area contributed by atoms with Crippen molar-refractivity contribution in [1.29, 1.82) is 0 Å². The Morgan fingerprint density at radius 2 is 2.00 bits per heavy atom. The van der Waals surface area contributed by atoms with Crippen LogP contribution >= 0.6 is 0 Å². The summed E-state index contributed by atoms with van der Waals surface area (Å²) in [6.07, 6.45) is 1.61. The first-order chi connectivity index (χ1) is 9.65. The van der Waals surface area contributed by atoms with Crippen molar-refractivity contribution in [3.05, 3.63) is 23.8 Å². The predicted molar refractivity (Wildman–Crippen MR) is 74.0 cm³/mol.